The maximum Gasteiger partial charge on any atom is 0.250 e. The van der Waals surface area contributed by atoms with Crippen LogP contribution in [0.2, 0.25) is 0 Å². The van der Waals surface area contributed by atoms with Crippen molar-refractivity contribution in [1.29, 1.82) is 0 Å². The first-order valence-corrected chi connectivity index (χ1v) is 7.03. The molecule has 1 unspecified atom stereocenters. The van der Waals surface area contributed by atoms with Gasteiger partial charge in [0.25, 0.3) is 5.91 Å². The van der Waals surface area contributed by atoms with Gasteiger partial charge in [-0.15, -0.1) is 12.4 Å². The molecular weight excluding hydrogens is 348 g/mol. The van der Waals surface area contributed by atoms with Crippen molar-refractivity contribution in [2.45, 2.75) is 6.10 Å². The minimum atomic E-state index is -0.389. The SMILES string of the molecule is Cl.O=C(NCCOc1cccc(Br)c1)C1CNCCO1. The number of halogens is 2. The predicted molar refractivity (Wildman–Crippen MR) is 82.5 cm³/mol. The first-order valence-electron chi connectivity index (χ1n) is 6.24. The smallest absolute Gasteiger partial charge is 0.250 e. The van der Waals surface area contributed by atoms with Crippen molar-refractivity contribution in [2.24, 2.45) is 0 Å². The molecular formula is C13H18BrClN2O3. The molecule has 1 amide bonds. The molecule has 0 aromatic heterocycles. The van der Waals surface area contributed by atoms with E-state index in [1.54, 1.807) is 0 Å². The van der Waals surface area contributed by atoms with Crippen LogP contribution in [0.3, 0.4) is 0 Å². The molecule has 1 atom stereocenters. The second-order valence-electron chi connectivity index (χ2n) is 4.16. The minimum absolute atomic E-state index is 0. The van der Waals surface area contributed by atoms with Crippen LogP contribution in [0.1, 0.15) is 0 Å². The number of ether oxygens (including phenoxy) is 2. The van der Waals surface area contributed by atoms with Gasteiger partial charge >= 0.3 is 0 Å². The number of benzene rings is 1. The quantitative estimate of drug-likeness (QED) is 0.774. The van der Waals surface area contributed by atoms with Crippen LogP contribution < -0.4 is 15.4 Å². The Hall–Kier alpha value is -0.820. The fourth-order valence-electron chi connectivity index (χ4n) is 1.75. The van der Waals surface area contributed by atoms with E-state index >= 15 is 0 Å². The first kappa shape index (κ1) is 17.2. The molecule has 2 N–H and O–H groups in total. The zero-order chi connectivity index (χ0) is 13.5. The molecule has 7 heteroatoms. The zero-order valence-corrected chi connectivity index (χ0v) is 13.3. The molecule has 0 aliphatic carbocycles. The molecule has 1 aromatic rings. The van der Waals surface area contributed by atoms with E-state index in [1.807, 2.05) is 24.3 Å². The van der Waals surface area contributed by atoms with Crippen molar-refractivity contribution in [3.63, 3.8) is 0 Å². The van der Waals surface area contributed by atoms with Gasteiger partial charge in [0.1, 0.15) is 18.5 Å². The van der Waals surface area contributed by atoms with Gasteiger partial charge in [0.05, 0.1) is 13.2 Å². The second-order valence-corrected chi connectivity index (χ2v) is 5.08. The Kier molecular flexibility index (Phi) is 7.91. The third-order valence-corrected chi connectivity index (χ3v) is 3.18. The first-order chi connectivity index (χ1) is 9.25. The summed E-state index contributed by atoms with van der Waals surface area (Å²) in [5, 5.41) is 5.91. The second kappa shape index (κ2) is 9.18. The van der Waals surface area contributed by atoms with Crippen LogP contribution in [0.15, 0.2) is 28.7 Å². The van der Waals surface area contributed by atoms with Gasteiger partial charge in [0, 0.05) is 17.6 Å². The summed E-state index contributed by atoms with van der Waals surface area (Å²) in [6.07, 6.45) is -0.389. The highest BCUT2D eigenvalue weighted by Crippen LogP contribution is 2.17. The third-order valence-electron chi connectivity index (χ3n) is 2.69. The summed E-state index contributed by atoms with van der Waals surface area (Å²) in [5.74, 6) is 0.684. The van der Waals surface area contributed by atoms with Crippen LogP contribution in [0.5, 0.6) is 5.75 Å². The number of morpholine rings is 1. The Morgan fingerprint density at radius 1 is 1.55 bits per heavy atom. The number of carbonyl (C=O) groups excluding carboxylic acids is 1. The van der Waals surface area contributed by atoms with E-state index in [4.69, 9.17) is 9.47 Å². The molecule has 0 spiro atoms. The van der Waals surface area contributed by atoms with E-state index in [0.717, 1.165) is 16.8 Å². The topological polar surface area (TPSA) is 59.6 Å². The fourth-order valence-corrected chi connectivity index (χ4v) is 2.13. The molecule has 5 nitrogen and oxygen atoms in total. The lowest BCUT2D eigenvalue weighted by molar-refractivity contribution is -0.134. The van der Waals surface area contributed by atoms with E-state index in [1.165, 1.54) is 0 Å². The average Bonchev–Trinajstić information content (AvgIpc) is 2.44. The van der Waals surface area contributed by atoms with Gasteiger partial charge in [0.2, 0.25) is 0 Å². The molecule has 112 valence electrons. The van der Waals surface area contributed by atoms with Gasteiger partial charge < -0.3 is 20.1 Å². The van der Waals surface area contributed by atoms with Crippen molar-refractivity contribution >= 4 is 34.2 Å². The highest BCUT2D eigenvalue weighted by molar-refractivity contribution is 9.10. The monoisotopic (exact) mass is 364 g/mol. The van der Waals surface area contributed by atoms with E-state index in [0.29, 0.717) is 26.3 Å². The Labute approximate surface area is 132 Å². The Morgan fingerprint density at radius 2 is 2.40 bits per heavy atom. The normalized spacial score (nSPS) is 17.9. The van der Waals surface area contributed by atoms with Crippen LogP contribution in [0.4, 0.5) is 0 Å². The van der Waals surface area contributed by atoms with Crippen LogP contribution in [0.25, 0.3) is 0 Å². The van der Waals surface area contributed by atoms with Gasteiger partial charge in [-0.2, -0.15) is 0 Å². The molecule has 1 heterocycles. The Morgan fingerprint density at radius 3 is 3.10 bits per heavy atom. The van der Waals surface area contributed by atoms with E-state index < -0.39 is 0 Å². The molecule has 0 saturated carbocycles. The van der Waals surface area contributed by atoms with E-state index in [-0.39, 0.29) is 24.4 Å². The number of carbonyl (C=O) groups is 1. The fraction of sp³-hybridized carbons (Fsp3) is 0.462. The van der Waals surface area contributed by atoms with E-state index in [9.17, 15) is 4.79 Å². The van der Waals surface area contributed by atoms with E-state index in [2.05, 4.69) is 26.6 Å². The number of nitrogens with one attached hydrogen (secondary N) is 2. The third kappa shape index (κ3) is 5.66. The number of hydrogen-bond donors (Lipinski definition) is 2. The molecule has 0 bridgehead atoms. The molecule has 1 fully saturated rings. The Bertz CT molecular complexity index is 428. The number of rotatable bonds is 5. The zero-order valence-electron chi connectivity index (χ0n) is 10.9. The maximum atomic E-state index is 11.7. The lowest BCUT2D eigenvalue weighted by atomic mass is 10.3. The summed E-state index contributed by atoms with van der Waals surface area (Å²) >= 11 is 3.37. The summed E-state index contributed by atoms with van der Waals surface area (Å²) in [7, 11) is 0. The van der Waals surface area contributed by atoms with Gasteiger partial charge in [-0.3, -0.25) is 4.79 Å². The summed E-state index contributed by atoms with van der Waals surface area (Å²) in [6.45, 7) is 2.84. The van der Waals surface area contributed by atoms with Crippen molar-refractivity contribution in [3.8, 4) is 5.75 Å². The van der Waals surface area contributed by atoms with Crippen molar-refractivity contribution in [2.75, 3.05) is 32.8 Å². The molecule has 20 heavy (non-hydrogen) atoms. The van der Waals surface area contributed by atoms with Crippen LogP contribution >= 0.6 is 28.3 Å². The Balaban J connectivity index is 0.00000200. The average molecular weight is 366 g/mol. The summed E-state index contributed by atoms with van der Waals surface area (Å²) in [5.41, 5.74) is 0. The number of hydrogen-bond acceptors (Lipinski definition) is 4. The van der Waals surface area contributed by atoms with Gasteiger partial charge in [-0.1, -0.05) is 22.0 Å². The number of amides is 1. The van der Waals surface area contributed by atoms with Crippen molar-refractivity contribution in [1.82, 2.24) is 10.6 Å². The van der Waals surface area contributed by atoms with Gasteiger partial charge in [-0.25, -0.2) is 0 Å². The van der Waals surface area contributed by atoms with Gasteiger partial charge in [-0.05, 0) is 18.2 Å². The standard InChI is InChI=1S/C13H17BrN2O3.ClH/c14-10-2-1-3-11(8-10)18-7-5-16-13(17)12-9-15-4-6-19-12;/h1-3,8,12,15H,4-7,9H2,(H,16,17);1H. The maximum absolute atomic E-state index is 11.7. The lowest BCUT2D eigenvalue weighted by Crippen LogP contribution is -2.48. The largest absolute Gasteiger partial charge is 0.492 e. The predicted octanol–water partition coefficient (Wildman–Crippen LogP) is 1.35. The van der Waals surface area contributed by atoms with Crippen LogP contribution in [-0.2, 0) is 9.53 Å². The summed E-state index contributed by atoms with van der Waals surface area (Å²) < 4.78 is 11.8. The van der Waals surface area contributed by atoms with Crippen molar-refractivity contribution in [3.05, 3.63) is 28.7 Å². The molecule has 1 aromatic carbocycles. The van der Waals surface area contributed by atoms with Gasteiger partial charge in [0.15, 0.2) is 0 Å². The molecule has 1 saturated heterocycles. The molecule has 1 aliphatic heterocycles. The molecule has 2 rings (SSSR count). The molecule has 1 aliphatic rings. The highest BCUT2D eigenvalue weighted by atomic mass is 79.9. The molecule has 0 radical (unpaired) electrons. The summed E-state index contributed by atoms with van der Waals surface area (Å²) in [6, 6.07) is 7.60. The van der Waals surface area contributed by atoms with Crippen LogP contribution in [-0.4, -0.2) is 44.9 Å². The summed E-state index contributed by atoms with van der Waals surface area (Å²) in [4.78, 5) is 11.7. The highest BCUT2D eigenvalue weighted by Gasteiger charge is 2.20. The minimum Gasteiger partial charge on any atom is -0.492 e. The van der Waals surface area contributed by atoms with Crippen LogP contribution in [0, 0.1) is 0 Å². The lowest BCUT2D eigenvalue weighted by Gasteiger charge is -2.22. The van der Waals surface area contributed by atoms with Crippen molar-refractivity contribution < 1.29 is 14.3 Å².